The Bertz CT molecular complexity index is 473. The van der Waals surface area contributed by atoms with E-state index in [0.717, 1.165) is 12.8 Å². The Kier molecular flexibility index (Phi) is 4.26. The molecule has 104 valence electrons. The van der Waals surface area contributed by atoms with Gasteiger partial charge in [-0.25, -0.2) is 0 Å². The highest BCUT2D eigenvalue weighted by molar-refractivity contribution is 6.39. The van der Waals surface area contributed by atoms with Crippen molar-refractivity contribution in [2.75, 3.05) is 12.3 Å². The number of anilines is 1. The number of halogens is 2. The molecule has 0 aliphatic heterocycles. The Hall–Kier alpha value is -0.930. The molecule has 1 aliphatic rings. The van der Waals surface area contributed by atoms with Crippen molar-refractivity contribution in [3.05, 3.63) is 27.7 Å². The van der Waals surface area contributed by atoms with Crippen LogP contribution in [-0.2, 0) is 0 Å². The third-order valence-electron chi connectivity index (χ3n) is 3.83. The van der Waals surface area contributed by atoms with E-state index >= 15 is 0 Å². The fraction of sp³-hybridized carbons (Fsp3) is 0.500. The monoisotopic (exact) mass is 300 g/mol. The first-order valence-electron chi connectivity index (χ1n) is 6.44. The number of nitrogen functional groups attached to an aromatic ring is 1. The molecule has 3 N–H and O–H groups in total. The number of hydrogen-bond donors (Lipinski definition) is 2. The SMILES string of the molecule is CC1(CNC(=O)c2cc(Cl)c(N)c(Cl)c2)CCCC1. The van der Waals surface area contributed by atoms with Crippen LogP contribution >= 0.6 is 23.2 Å². The predicted octanol–water partition coefficient (Wildman–Crippen LogP) is 3.89. The lowest BCUT2D eigenvalue weighted by molar-refractivity contribution is 0.0934. The van der Waals surface area contributed by atoms with Gasteiger partial charge in [-0.2, -0.15) is 0 Å². The van der Waals surface area contributed by atoms with Gasteiger partial charge in [0, 0.05) is 12.1 Å². The number of hydrogen-bond acceptors (Lipinski definition) is 2. The summed E-state index contributed by atoms with van der Waals surface area (Å²) in [5.74, 6) is -0.156. The van der Waals surface area contributed by atoms with Crippen LogP contribution in [0, 0.1) is 5.41 Å². The Balaban J connectivity index is 2.04. The van der Waals surface area contributed by atoms with E-state index in [0.29, 0.717) is 27.8 Å². The first kappa shape index (κ1) is 14.5. The van der Waals surface area contributed by atoms with Gasteiger partial charge in [0.25, 0.3) is 5.91 Å². The van der Waals surface area contributed by atoms with Crippen molar-refractivity contribution >= 4 is 34.8 Å². The van der Waals surface area contributed by atoms with Gasteiger partial charge in [0.15, 0.2) is 0 Å². The van der Waals surface area contributed by atoms with Crippen molar-refractivity contribution in [3.8, 4) is 0 Å². The predicted molar refractivity (Wildman–Crippen MR) is 79.8 cm³/mol. The molecule has 1 fully saturated rings. The third-order valence-corrected chi connectivity index (χ3v) is 4.45. The summed E-state index contributed by atoms with van der Waals surface area (Å²) in [4.78, 5) is 12.1. The van der Waals surface area contributed by atoms with Gasteiger partial charge >= 0.3 is 0 Å². The van der Waals surface area contributed by atoms with Gasteiger partial charge in [0.1, 0.15) is 0 Å². The zero-order valence-electron chi connectivity index (χ0n) is 10.9. The van der Waals surface area contributed by atoms with Crippen molar-refractivity contribution in [2.45, 2.75) is 32.6 Å². The molecular weight excluding hydrogens is 283 g/mol. The van der Waals surface area contributed by atoms with E-state index in [4.69, 9.17) is 28.9 Å². The summed E-state index contributed by atoms with van der Waals surface area (Å²) in [5, 5.41) is 3.58. The number of carbonyl (C=O) groups excluding carboxylic acids is 1. The quantitative estimate of drug-likeness (QED) is 0.832. The molecule has 3 nitrogen and oxygen atoms in total. The fourth-order valence-corrected chi connectivity index (χ4v) is 3.00. The first-order valence-corrected chi connectivity index (χ1v) is 7.20. The molecule has 1 saturated carbocycles. The maximum atomic E-state index is 12.1. The van der Waals surface area contributed by atoms with Crippen molar-refractivity contribution in [1.82, 2.24) is 5.32 Å². The number of amides is 1. The van der Waals surface area contributed by atoms with E-state index in [1.165, 1.54) is 12.8 Å². The number of carbonyl (C=O) groups is 1. The average Bonchev–Trinajstić information content (AvgIpc) is 2.80. The summed E-state index contributed by atoms with van der Waals surface area (Å²) in [5.41, 5.74) is 6.63. The zero-order valence-corrected chi connectivity index (χ0v) is 12.4. The van der Waals surface area contributed by atoms with Crippen LogP contribution in [-0.4, -0.2) is 12.5 Å². The third kappa shape index (κ3) is 3.34. The van der Waals surface area contributed by atoms with Crippen LogP contribution < -0.4 is 11.1 Å². The van der Waals surface area contributed by atoms with Crippen molar-refractivity contribution < 1.29 is 4.79 Å². The maximum Gasteiger partial charge on any atom is 0.251 e. The first-order chi connectivity index (χ1) is 8.91. The molecule has 0 radical (unpaired) electrons. The van der Waals surface area contributed by atoms with Crippen LogP contribution in [0.5, 0.6) is 0 Å². The van der Waals surface area contributed by atoms with Gasteiger partial charge < -0.3 is 11.1 Å². The molecule has 0 bridgehead atoms. The number of benzene rings is 1. The molecule has 1 aromatic carbocycles. The lowest BCUT2D eigenvalue weighted by atomic mass is 9.89. The Morgan fingerprint density at radius 2 is 1.84 bits per heavy atom. The maximum absolute atomic E-state index is 12.1. The van der Waals surface area contributed by atoms with E-state index < -0.39 is 0 Å². The summed E-state index contributed by atoms with van der Waals surface area (Å²) in [7, 11) is 0. The minimum absolute atomic E-state index is 0.156. The number of nitrogens with one attached hydrogen (secondary N) is 1. The summed E-state index contributed by atoms with van der Waals surface area (Å²) in [6.07, 6.45) is 4.81. The molecule has 0 spiro atoms. The van der Waals surface area contributed by atoms with E-state index in [9.17, 15) is 4.79 Å². The molecular formula is C14H18Cl2N2O. The standard InChI is InChI=1S/C14H18Cl2N2O/c1-14(4-2-3-5-14)8-18-13(19)9-6-10(15)12(17)11(16)7-9/h6-7H,2-5,8,17H2,1H3,(H,18,19). The minimum Gasteiger partial charge on any atom is -0.396 e. The summed E-state index contributed by atoms with van der Waals surface area (Å²) in [6, 6.07) is 3.10. The lowest BCUT2D eigenvalue weighted by Gasteiger charge is -2.23. The number of rotatable bonds is 3. The molecule has 0 heterocycles. The Labute approximate surface area is 123 Å². The second-order valence-electron chi connectivity index (χ2n) is 5.55. The highest BCUT2D eigenvalue weighted by Gasteiger charge is 2.29. The van der Waals surface area contributed by atoms with Crippen molar-refractivity contribution in [3.63, 3.8) is 0 Å². The smallest absolute Gasteiger partial charge is 0.251 e. The molecule has 1 aliphatic carbocycles. The highest BCUT2D eigenvalue weighted by atomic mass is 35.5. The van der Waals surface area contributed by atoms with Crippen LogP contribution in [0.3, 0.4) is 0 Å². The molecule has 0 aromatic heterocycles. The summed E-state index contributed by atoms with van der Waals surface area (Å²) >= 11 is 11.9. The van der Waals surface area contributed by atoms with Gasteiger partial charge in [0.2, 0.25) is 0 Å². The van der Waals surface area contributed by atoms with Gasteiger partial charge in [-0.05, 0) is 30.4 Å². The largest absolute Gasteiger partial charge is 0.396 e. The van der Waals surface area contributed by atoms with Crippen LogP contribution in [0.1, 0.15) is 43.0 Å². The average molecular weight is 301 g/mol. The van der Waals surface area contributed by atoms with Crippen LogP contribution in [0.4, 0.5) is 5.69 Å². The topological polar surface area (TPSA) is 55.1 Å². The second-order valence-corrected chi connectivity index (χ2v) is 6.37. The molecule has 5 heteroatoms. The molecule has 1 amide bonds. The fourth-order valence-electron chi connectivity index (χ4n) is 2.52. The summed E-state index contributed by atoms with van der Waals surface area (Å²) < 4.78 is 0. The summed E-state index contributed by atoms with van der Waals surface area (Å²) in [6.45, 7) is 2.90. The molecule has 0 atom stereocenters. The lowest BCUT2D eigenvalue weighted by Crippen LogP contribution is -2.34. The molecule has 1 aromatic rings. The molecule has 0 unspecified atom stereocenters. The van der Waals surface area contributed by atoms with Gasteiger partial charge in [0.05, 0.1) is 15.7 Å². The molecule has 19 heavy (non-hydrogen) atoms. The van der Waals surface area contributed by atoms with Gasteiger partial charge in [-0.3, -0.25) is 4.79 Å². The normalized spacial score (nSPS) is 17.4. The highest BCUT2D eigenvalue weighted by Crippen LogP contribution is 2.36. The van der Waals surface area contributed by atoms with Crippen LogP contribution in [0.15, 0.2) is 12.1 Å². The van der Waals surface area contributed by atoms with Crippen LogP contribution in [0.2, 0.25) is 10.0 Å². The zero-order chi connectivity index (χ0) is 14.0. The number of nitrogens with two attached hydrogens (primary N) is 1. The second kappa shape index (κ2) is 5.59. The van der Waals surface area contributed by atoms with Crippen molar-refractivity contribution in [2.24, 2.45) is 5.41 Å². The molecule has 0 saturated heterocycles. The van der Waals surface area contributed by atoms with E-state index in [2.05, 4.69) is 12.2 Å². The van der Waals surface area contributed by atoms with Gasteiger partial charge in [-0.15, -0.1) is 0 Å². The molecule has 2 rings (SSSR count). The van der Waals surface area contributed by atoms with Gasteiger partial charge in [-0.1, -0.05) is 43.0 Å². The minimum atomic E-state index is -0.156. The van der Waals surface area contributed by atoms with Crippen molar-refractivity contribution in [1.29, 1.82) is 0 Å². The Morgan fingerprint density at radius 3 is 2.37 bits per heavy atom. The van der Waals surface area contributed by atoms with Crippen LogP contribution in [0.25, 0.3) is 0 Å². The van der Waals surface area contributed by atoms with E-state index in [-0.39, 0.29) is 11.3 Å². The van der Waals surface area contributed by atoms with E-state index in [1.54, 1.807) is 12.1 Å². The van der Waals surface area contributed by atoms with E-state index in [1.807, 2.05) is 0 Å². The Morgan fingerprint density at radius 1 is 1.32 bits per heavy atom.